The van der Waals surface area contributed by atoms with E-state index in [1.165, 1.54) is 0 Å². The van der Waals surface area contributed by atoms with Gasteiger partial charge in [0, 0.05) is 28.7 Å². The van der Waals surface area contributed by atoms with Gasteiger partial charge in [-0.05, 0) is 49.6 Å². The van der Waals surface area contributed by atoms with Crippen LogP contribution in [0, 0.1) is 12.8 Å². The fourth-order valence-corrected chi connectivity index (χ4v) is 3.86. The smallest absolute Gasteiger partial charge is 0.231 e. The highest BCUT2D eigenvalue weighted by molar-refractivity contribution is 6.01. The molecule has 1 aliphatic rings. The number of alkyl halides is 1. The van der Waals surface area contributed by atoms with Crippen LogP contribution in [0.15, 0.2) is 42.9 Å². The molecule has 0 unspecified atom stereocenters. The van der Waals surface area contributed by atoms with E-state index >= 15 is 0 Å². The van der Waals surface area contributed by atoms with Crippen molar-refractivity contribution in [1.82, 2.24) is 19.6 Å². The first-order valence-corrected chi connectivity index (χ1v) is 10.3. The summed E-state index contributed by atoms with van der Waals surface area (Å²) in [6, 6.07) is 7.56. The molecule has 0 aromatic carbocycles. The van der Waals surface area contributed by atoms with Gasteiger partial charge in [0.2, 0.25) is 5.91 Å². The van der Waals surface area contributed by atoms with E-state index in [-0.39, 0.29) is 12.3 Å². The zero-order valence-corrected chi connectivity index (χ0v) is 17.2. The number of aryl methyl sites for hydroxylation is 1. The minimum absolute atomic E-state index is 0.275. The Hall–Kier alpha value is -3.39. The summed E-state index contributed by atoms with van der Waals surface area (Å²) in [5.74, 6) is -0.515. The molecule has 158 valence electrons. The standard InChI is InChI=1S/C23H22FN5O2/c1-3-21(30)18-6-12(2)16(11-25-18)20-7-13-10-26-22(28-23(31)15-8-17(15)24)9-14(13)19-4-5-27-29(19)20/h4-7,9-11,15,17,21,30H,3,8H2,1-2H3,(H,26,28,31)/t15-,17+,21+/m0/s1. The van der Waals surface area contributed by atoms with E-state index in [0.717, 1.165) is 33.1 Å². The maximum Gasteiger partial charge on any atom is 0.231 e. The van der Waals surface area contributed by atoms with Crippen molar-refractivity contribution in [2.75, 3.05) is 5.32 Å². The number of aromatic nitrogens is 4. The van der Waals surface area contributed by atoms with Crippen LogP contribution >= 0.6 is 0 Å². The summed E-state index contributed by atoms with van der Waals surface area (Å²) in [5, 5.41) is 19.0. The van der Waals surface area contributed by atoms with Crippen molar-refractivity contribution >= 4 is 28.0 Å². The summed E-state index contributed by atoms with van der Waals surface area (Å²) in [6.45, 7) is 3.89. The molecular weight excluding hydrogens is 397 g/mol. The number of anilines is 1. The minimum Gasteiger partial charge on any atom is -0.387 e. The van der Waals surface area contributed by atoms with Crippen LogP contribution in [-0.2, 0) is 4.79 Å². The third kappa shape index (κ3) is 3.42. The molecule has 0 aliphatic heterocycles. The summed E-state index contributed by atoms with van der Waals surface area (Å²) in [6.07, 6.45) is 4.41. The van der Waals surface area contributed by atoms with E-state index in [1.54, 1.807) is 24.7 Å². The first-order chi connectivity index (χ1) is 15.0. The lowest BCUT2D eigenvalue weighted by atomic mass is 10.0. The minimum atomic E-state index is -1.05. The molecule has 0 spiro atoms. The Labute approximate surface area is 178 Å². The van der Waals surface area contributed by atoms with Crippen LogP contribution in [0.1, 0.15) is 37.1 Å². The Kier molecular flexibility index (Phi) is 4.66. The summed E-state index contributed by atoms with van der Waals surface area (Å²) in [5.41, 5.74) is 4.25. The van der Waals surface area contributed by atoms with E-state index < -0.39 is 18.2 Å². The largest absolute Gasteiger partial charge is 0.387 e. The molecule has 1 fully saturated rings. The molecule has 8 heteroatoms. The number of fused-ring (bicyclic) bond motifs is 3. The Morgan fingerprint density at radius 2 is 2.13 bits per heavy atom. The maximum absolute atomic E-state index is 13.2. The number of pyridine rings is 3. The monoisotopic (exact) mass is 419 g/mol. The van der Waals surface area contributed by atoms with Gasteiger partial charge in [-0.2, -0.15) is 5.10 Å². The van der Waals surface area contributed by atoms with Crippen LogP contribution in [0.5, 0.6) is 0 Å². The average Bonchev–Trinajstić information content (AvgIpc) is 3.30. The predicted molar refractivity (Wildman–Crippen MR) is 115 cm³/mol. The fraction of sp³-hybridized carbons (Fsp3) is 0.304. The average molecular weight is 419 g/mol. The highest BCUT2D eigenvalue weighted by Crippen LogP contribution is 2.35. The van der Waals surface area contributed by atoms with E-state index in [9.17, 15) is 14.3 Å². The zero-order valence-electron chi connectivity index (χ0n) is 17.2. The fourth-order valence-electron chi connectivity index (χ4n) is 3.86. The van der Waals surface area contributed by atoms with Gasteiger partial charge in [0.25, 0.3) is 0 Å². The molecule has 0 saturated heterocycles. The lowest BCUT2D eigenvalue weighted by molar-refractivity contribution is -0.117. The summed E-state index contributed by atoms with van der Waals surface area (Å²) < 4.78 is 15.0. The molecule has 7 nitrogen and oxygen atoms in total. The quantitative estimate of drug-likeness (QED) is 0.510. The number of carbonyl (C=O) groups excluding carboxylic acids is 1. The molecule has 4 heterocycles. The van der Waals surface area contributed by atoms with Crippen molar-refractivity contribution in [2.24, 2.45) is 5.92 Å². The number of amides is 1. The molecule has 2 N–H and O–H groups in total. The number of rotatable bonds is 5. The number of hydrogen-bond acceptors (Lipinski definition) is 5. The van der Waals surface area contributed by atoms with E-state index in [2.05, 4.69) is 20.4 Å². The number of hydrogen-bond donors (Lipinski definition) is 2. The molecule has 0 bridgehead atoms. The van der Waals surface area contributed by atoms with Crippen LogP contribution in [-0.4, -0.2) is 36.8 Å². The highest BCUT2D eigenvalue weighted by Gasteiger charge is 2.43. The number of aliphatic hydroxyl groups is 1. The van der Waals surface area contributed by atoms with Crippen molar-refractivity contribution in [3.63, 3.8) is 0 Å². The molecule has 1 aliphatic carbocycles. The molecule has 1 amide bonds. The van der Waals surface area contributed by atoms with E-state index in [1.807, 2.05) is 36.6 Å². The van der Waals surface area contributed by atoms with E-state index in [0.29, 0.717) is 17.9 Å². The molecule has 5 rings (SSSR count). The first-order valence-electron chi connectivity index (χ1n) is 10.3. The lowest BCUT2D eigenvalue weighted by Gasteiger charge is -2.14. The van der Waals surface area contributed by atoms with Gasteiger partial charge in [-0.25, -0.2) is 13.9 Å². The van der Waals surface area contributed by atoms with Crippen LogP contribution in [0.4, 0.5) is 10.2 Å². The zero-order chi connectivity index (χ0) is 21.7. The van der Waals surface area contributed by atoms with Crippen LogP contribution in [0.3, 0.4) is 0 Å². The number of halogens is 1. The van der Waals surface area contributed by atoms with Crippen molar-refractivity contribution in [3.05, 3.63) is 54.1 Å². The van der Waals surface area contributed by atoms with Gasteiger partial charge in [0.15, 0.2) is 0 Å². The molecule has 3 atom stereocenters. The molecule has 4 aromatic rings. The third-order valence-electron chi connectivity index (χ3n) is 5.81. The lowest BCUT2D eigenvalue weighted by Crippen LogP contribution is -2.15. The molecule has 1 saturated carbocycles. The highest BCUT2D eigenvalue weighted by atomic mass is 19.1. The number of nitrogens with one attached hydrogen (secondary N) is 1. The van der Waals surface area contributed by atoms with Crippen LogP contribution in [0.25, 0.3) is 27.5 Å². The number of nitrogens with zero attached hydrogens (tertiary/aromatic N) is 4. The summed E-state index contributed by atoms with van der Waals surface area (Å²) in [7, 11) is 0. The molecule has 0 radical (unpaired) electrons. The Balaban J connectivity index is 1.58. The van der Waals surface area contributed by atoms with Crippen LogP contribution < -0.4 is 5.32 Å². The molecule has 31 heavy (non-hydrogen) atoms. The number of carbonyl (C=O) groups is 1. The van der Waals surface area contributed by atoms with Gasteiger partial charge in [0.1, 0.15) is 12.0 Å². The first kappa shape index (κ1) is 19.6. The second-order valence-electron chi connectivity index (χ2n) is 8.01. The second-order valence-corrected chi connectivity index (χ2v) is 8.01. The molecule has 4 aromatic heterocycles. The van der Waals surface area contributed by atoms with Crippen molar-refractivity contribution < 1.29 is 14.3 Å². The second kappa shape index (κ2) is 7.39. The number of aliphatic hydroxyl groups excluding tert-OH is 1. The van der Waals surface area contributed by atoms with Gasteiger partial charge in [0.05, 0.1) is 35.1 Å². The third-order valence-corrected chi connectivity index (χ3v) is 5.81. The Morgan fingerprint density at radius 3 is 2.84 bits per heavy atom. The summed E-state index contributed by atoms with van der Waals surface area (Å²) in [4.78, 5) is 20.9. The van der Waals surface area contributed by atoms with Gasteiger partial charge < -0.3 is 10.4 Å². The predicted octanol–water partition coefficient (Wildman–Crippen LogP) is 3.99. The summed E-state index contributed by atoms with van der Waals surface area (Å²) >= 11 is 0. The van der Waals surface area contributed by atoms with Crippen molar-refractivity contribution in [1.29, 1.82) is 0 Å². The normalized spacial score (nSPS) is 19.0. The van der Waals surface area contributed by atoms with E-state index in [4.69, 9.17) is 0 Å². The topological polar surface area (TPSA) is 92.4 Å². The van der Waals surface area contributed by atoms with Crippen molar-refractivity contribution in [2.45, 2.75) is 39.0 Å². The Morgan fingerprint density at radius 1 is 1.32 bits per heavy atom. The van der Waals surface area contributed by atoms with Gasteiger partial charge >= 0.3 is 0 Å². The van der Waals surface area contributed by atoms with Crippen molar-refractivity contribution in [3.8, 4) is 11.3 Å². The SMILES string of the molecule is CC[C@@H](O)c1cc(C)c(-c2cc3cnc(NC(=O)[C@H]4C[C@H]4F)cc3c3ccnn23)cn1. The maximum atomic E-state index is 13.2. The van der Waals surface area contributed by atoms with Gasteiger partial charge in [-0.3, -0.25) is 9.78 Å². The van der Waals surface area contributed by atoms with Gasteiger partial charge in [-0.1, -0.05) is 6.92 Å². The van der Waals surface area contributed by atoms with Crippen LogP contribution in [0.2, 0.25) is 0 Å². The molecular formula is C23H22FN5O2. The Bertz CT molecular complexity index is 1320. The van der Waals surface area contributed by atoms with Gasteiger partial charge in [-0.15, -0.1) is 0 Å².